The summed E-state index contributed by atoms with van der Waals surface area (Å²) in [7, 11) is -5.88. The highest BCUT2D eigenvalue weighted by molar-refractivity contribution is 7.89. The van der Waals surface area contributed by atoms with Gasteiger partial charge >= 0.3 is 0 Å². The van der Waals surface area contributed by atoms with Gasteiger partial charge in [0, 0.05) is 31.7 Å². The number of hydrogen-bond donors (Lipinski definition) is 2. The van der Waals surface area contributed by atoms with Crippen LogP contribution in [-0.2, 0) is 20.0 Å². The fraction of sp³-hybridized carbons (Fsp3) is 0.381. The summed E-state index contributed by atoms with van der Waals surface area (Å²) in [5.41, 5.74) is 0.195. The quantitative estimate of drug-likeness (QED) is 0.525. The summed E-state index contributed by atoms with van der Waals surface area (Å²) in [4.78, 5) is 12.6. The van der Waals surface area contributed by atoms with Crippen LogP contribution in [0, 0.1) is 0 Å². The average Bonchev–Trinajstić information content (AvgIpc) is 2.82. The molecule has 0 unspecified atom stereocenters. The predicted octanol–water partition coefficient (Wildman–Crippen LogP) is 1.58. The van der Waals surface area contributed by atoms with E-state index in [0.717, 1.165) is 19.3 Å². The lowest BCUT2D eigenvalue weighted by molar-refractivity contribution is 0.0954. The van der Waals surface area contributed by atoms with Gasteiger partial charge < -0.3 is 10.1 Å². The monoisotopic (exact) mass is 481 g/mol. The normalized spacial score (nSPS) is 15.3. The highest BCUT2D eigenvalue weighted by atomic mass is 32.2. The summed E-state index contributed by atoms with van der Waals surface area (Å²) in [5.74, 6) is 0.0603. The Labute approximate surface area is 188 Å². The van der Waals surface area contributed by atoms with E-state index in [1.165, 1.54) is 47.8 Å². The summed E-state index contributed by atoms with van der Waals surface area (Å²) in [5, 5.41) is 2.61. The molecule has 0 aromatic heterocycles. The lowest BCUT2D eigenvalue weighted by atomic mass is 10.2. The lowest BCUT2D eigenvalue weighted by Gasteiger charge is -2.26. The highest BCUT2D eigenvalue weighted by Gasteiger charge is 2.26. The molecule has 2 aromatic rings. The van der Waals surface area contributed by atoms with E-state index in [9.17, 15) is 21.6 Å². The summed E-state index contributed by atoms with van der Waals surface area (Å²) in [6.07, 6.45) is 2.66. The Hall–Kier alpha value is -2.47. The number of hydrogen-bond acceptors (Lipinski definition) is 6. The van der Waals surface area contributed by atoms with E-state index >= 15 is 0 Å². The third-order valence-electron chi connectivity index (χ3n) is 5.12. The van der Waals surface area contributed by atoms with Gasteiger partial charge in [-0.1, -0.05) is 12.5 Å². The minimum absolute atomic E-state index is 0.0220. The van der Waals surface area contributed by atoms with E-state index in [0.29, 0.717) is 18.8 Å². The topological polar surface area (TPSA) is 122 Å². The Morgan fingerprint density at radius 2 is 1.62 bits per heavy atom. The summed E-state index contributed by atoms with van der Waals surface area (Å²) < 4.78 is 59.1. The second-order valence-corrected chi connectivity index (χ2v) is 11.0. The Kier molecular flexibility index (Phi) is 7.88. The van der Waals surface area contributed by atoms with E-state index in [1.807, 2.05) is 0 Å². The first kappa shape index (κ1) is 24.2. The number of sulfonamides is 2. The van der Waals surface area contributed by atoms with Crippen molar-refractivity contribution in [2.24, 2.45) is 0 Å². The average molecular weight is 482 g/mol. The lowest BCUT2D eigenvalue weighted by Crippen LogP contribution is -2.36. The van der Waals surface area contributed by atoms with Crippen LogP contribution in [0.2, 0.25) is 0 Å². The van der Waals surface area contributed by atoms with Crippen molar-refractivity contribution < 1.29 is 26.4 Å². The minimum atomic E-state index is -3.73. The molecule has 1 heterocycles. The molecule has 0 radical (unpaired) electrons. The number of carbonyl (C=O) groups is 1. The molecule has 2 N–H and O–H groups in total. The van der Waals surface area contributed by atoms with E-state index < -0.39 is 26.0 Å². The van der Waals surface area contributed by atoms with Crippen molar-refractivity contribution in [1.82, 2.24) is 14.3 Å². The third-order valence-corrected chi connectivity index (χ3v) is 8.49. The van der Waals surface area contributed by atoms with Crippen molar-refractivity contribution in [2.75, 3.05) is 33.3 Å². The summed E-state index contributed by atoms with van der Waals surface area (Å²) >= 11 is 0. The van der Waals surface area contributed by atoms with Crippen molar-refractivity contribution in [3.05, 3.63) is 54.1 Å². The van der Waals surface area contributed by atoms with Gasteiger partial charge in [0.2, 0.25) is 20.0 Å². The molecule has 0 saturated carbocycles. The van der Waals surface area contributed by atoms with Crippen LogP contribution < -0.4 is 14.8 Å². The molecular weight excluding hydrogens is 454 g/mol. The van der Waals surface area contributed by atoms with Crippen molar-refractivity contribution in [3.63, 3.8) is 0 Å². The van der Waals surface area contributed by atoms with E-state index in [-0.39, 0.29) is 28.4 Å². The summed E-state index contributed by atoms with van der Waals surface area (Å²) in [6.45, 7) is 0.976. The van der Waals surface area contributed by atoms with Crippen LogP contribution in [0.4, 0.5) is 0 Å². The van der Waals surface area contributed by atoms with Crippen molar-refractivity contribution in [1.29, 1.82) is 0 Å². The number of ether oxygens (including phenoxy) is 1. The molecule has 0 aliphatic carbocycles. The molecule has 2 aromatic carbocycles. The molecule has 0 bridgehead atoms. The molecular formula is C21H27N3O6S2. The molecule has 1 saturated heterocycles. The molecule has 1 fully saturated rings. The molecule has 0 spiro atoms. The van der Waals surface area contributed by atoms with Crippen LogP contribution in [0.3, 0.4) is 0 Å². The van der Waals surface area contributed by atoms with Crippen molar-refractivity contribution in [2.45, 2.75) is 29.1 Å². The Balaban J connectivity index is 1.56. The smallest absolute Gasteiger partial charge is 0.251 e. The molecule has 32 heavy (non-hydrogen) atoms. The van der Waals surface area contributed by atoms with Gasteiger partial charge in [-0.3, -0.25) is 4.79 Å². The van der Waals surface area contributed by atoms with Crippen molar-refractivity contribution >= 4 is 26.0 Å². The maximum Gasteiger partial charge on any atom is 0.251 e. The first-order chi connectivity index (χ1) is 15.2. The molecule has 1 aliphatic heterocycles. The summed E-state index contributed by atoms with van der Waals surface area (Å²) in [6, 6.07) is 11.8. The number of piperidine rings is 1. The fourth-order valence-corrected chi connectivity index (χ4v) is 5.95. The number of rotatable bonds is 9. The first-order valence-corrected chi connectivity index (χ1v) is 13.2. The van der Waals surface area contributed by atoms with Gasteiger partial charge in [0.1, 0.15) is 5.75 Å². The largest absolute Gasteiger partial charge is 0.497 e. The molecule has 9 nitrogen and oxygen atoms in total. The Bertz CT molecular complexity index is 1140. The maximum atomic E-state index is 12.8. The second kappa shape index (κ2) is 10.4. The molecule has 174 valence electrons. The second-order valence-electron chi connectivity index (χ2n) is 7.32. The zero-order valence-corrected chi connectivity index (χ0v) is 19.4. The van der Waals surface area contributed by atoms with Gasteiger partial charge in [0.25, 0.3) is 5.91 Å². The minimum Gasteiger partial charge on any atom is -0.497 e. The number of methoxy groups -OCH3 is 1. The van der Waals surface area contributed by atoms with Crippen LogP contribution in [0.5, 0.6) is 5.75 Å². The van der Waals surface area contributed by atoms with Gasteiger partial charge in [-0.05, 0) is 55.3 Å². The number of nitrogens with zero attached hydrogens (tertiary/aromatic N) is 1. The Morgan fingerprint density at radius 3 is 2.28 bits per heavy atom. The first-order valence-electron chi connectivity index (χ1n) is 10.3. The zero-order valence-electron chi connectivity index (χ0n) is 17.8. The SMILES string of the molecule is COc1ccc(S(=O)(=O)NCCNC(=O)c2cccc(S(=O)(=O)N3CCCCC3)c2)cc1. The molecule has 11 heteroatoms. The van der Waals surface area contributed by atoms with E-state index in [4.69, 9.17) is 4.74 Å². The number of benzene rings is 2. The third kappa shape index (κ3) is 5.85. The van der Waals surface area contributed by atoms with Crippen LogP contribution in [-0.4, -0.2) is 60.3 Å². The number of carbonyl (C=O) groups excluding carboxylic acids is 1. The predicted molar refractivity (Wildman–Crippen MR) is 120 cm³/mol. The maximum absolute atomic E-state index is 12.8. The Morgan fingerprint density at radius 1 is 0.938 bits per heavy atom. The molecule has 3 rings (SSSR count). The van der Waals surface area contributed by atoms with E-state index in [1.54, 1.807) is 12.1 Å². The standard InChI is InChI=1S/C21H27N3O6S2/c1-30-18-8-10-19(11-9-18)31(26,27)23-13-12-22-21(25)17-6-5-7-20(16-17)32(28,29)24-14-3-2-4-15-24/h5-11,16,23H,2-4,12-15H2,1H3,(H,22,25). The van der Waals surface area contributed by atoms with Crippen LogP contribution in [0.25, 0.3) is 0 Å². The van der Waals surface area contributed by atoms with Gasteiger partial charge in [0.05, 0.1) is 16.9 Å². The number of nitrogens with one attached hydrogen (secondary N) is 2. The zero-order chi connectivity index (χ0) is 23.2. The van der Waals surface area contributed by atoms with Crippen LogP contribution >= 0.6 is 0 Å². The van der Waals surface area contributed by atoms with Gasteiger partial charge in [-0.15, -0.1) is 0 Å². The molecule has 0 atom stereocenters. The van der Waals surface area contributed by atoms with E-state index in [2.05, 4.69) is 10.0 Å². The fourth-order valence-electron chi connectivity index (χ4n) is 3.35. The highest BCUT2D eigenvalue weighted by Crippen LogP contribution is 2.21. The number of amides is 1. The van der Waals surface area contributed by atoms with Crippen LogP contribution in [0.1, 0.15) is 29.6 Å². The molecule has 1 amide bonds. The van der Waals surface area contributed by atoms with Crippen LogP contribution in [0.15, 0.2) is 58.3 Å². The van der Waals surface area contributed by atoms with Gasteiger partial charge in [0.15, 0.2) is 0 Å². The van der Waals surface area contributed by atoms with Gasteiger partial charge in [-0.25, -0.2) is 21.6 Å². The van der Waals surface area contributed by atoms with Gasteiger partial charge in [-0.2, -0.15) is 4.31 Å². The molecule has 1 aliphatic rings. The van der Waals surface area contributed by atoms with Crippen molar-refractivity contribution in [3.8, 4) is 5.75 Å².